The molecule has 3 atom stereocenters. The quantitative estimate of drug-likeness (QED) is 0.773. The lowest BCUT2D eigenvalue weighted by atomic mass is 9.97. The third-order valence-electron chi connectivity index (χ3n) is 4.43. The number of hydrogen-bond acceptors (Lipinski definition) is 3. The van der Waals surface area contributed by atoms with Crippen LogP contribution in [-0.2, 0) is 0 Å². The largest absolute Gasteiger partial charge is 0.508 e. The van der Waals surface area contributed by atoms with E-state index in [0.29, 0.717) is 18.2 Å². The third kappa shape index (κ3) is 2.99. The predicted octanol–water partition coefficient (Wildman–Crippen LogP) is 3.39. The van der Waals surface area contributed by atoms with Crippen molar-refractivity contribution in [2.45, 2.75) is 64.5 Å². The highest BCUT2D eigenvalue weighted by Crippen LogP contribution is 2.45. The molecule has 0 amide bonds. The average molecular weight is 277 g/mol. The van der Waals surface area contributed by atoms with Crippen molar-refractivity contribution in [2.24, 2.45) is 0 Å². The third-order valence-corrected chi connectivity index (χ3v) is 4.43. The standard InChI is InChI=1S/C17H27NO2/c1-5-8-17(4,20)10-18-13-9-12(3)15-11(2)6-7-14(19)16(13)15/h6-7,12-13,18-20H,5,8-10H2,1-4H3. The lowest BCUT2D eigenvalue weighted by Crippen LogP contribution is -2.39. The second-order valence-electron chi connectivity index (χ2n) is 6.55. The molecule has 1 aliphatic rings. The van der Waals surface area contributed by atoms with E-state index in [1.165, 1.54) is 11.1 Å². The molecule has 112 valence electrons. The van der Waals surface area contributed by atoms with E-state index in [2.05, 4.69) is 26.1 Å². The van der Waals surface area contributed by atoms with E-state index >= 15 is 0 Å². The maximum atomic E-state index is 10.3. The van der Waals surface area contributed by atoms with E-state index < -0.39 is 5.60 Å². The topological polar surface area (TPSA) is 52.5 Å². The number of hydrogen-bond donors (Lipinski definition) is 3. The summed E-state index contributed by atoms with van der Waals surface area (Å²) >= 11 is 0. The van der Waals surface area contributed by atoms with Gasteiger partial charge in [0, 0.05) is 18.2 Å². The molecule has 1 aliphatic carbocycles. The first-order chi connectivity index (χ1) is 9.35. The highest BCUT2D eigenvalue weighted by Gasteiger charge is 2.33. The van der Waals surface area contributed by atoms with Crippen molar-refractivity contribution in [1.29, 1.82) is 0 Å². The molecular weight excluding hydrogens is 250 g/mol. The molecule has 2 rings (SSSR count). The smallest absolute Gasteiger partial charge is 0.120 e. The summed E-state index contributed by atoms with van der Waals surface area (Å²) in [5, 5.41) is 23.9. The van der Waals surface area contributed by atoms with Crippen LogP contribution < -0.4 is 5.32 Å². The molecule has 0 aliphatic heterocycles. The van der Waals surface area contributed by atoms with Gasteiger partial charge in [-0.2, -0.15) is 0 Å². The molecule has 1 aromatic rings. The van der Waals surface area contributed by atoms with Crippen molar-refractivity contribution in [3.8, 4) is 5.75 Å². The summed E-state index contributed by atoms with van der Waals surface area (Å²) in [6.45, 7) is 8.82. The Hall–Kier alpha value is -1.06. The molecule has 1 aromatic carbocycles. The molecule has 0 saturated heterocycles. The van der Waals surface area contributed by atoms with Gasteiger partial charge in [0.2, 0.25) is 0 Å². The zero-order chi connectivity index (χ0) is 14.9. The van der Waals surface area contributed by atoms with Crippen LogP contribution in [0.3, 0.4) is 0 Å². The first-order valence-corrected chi connectivity index (χ1v) is 7.64. The van der Waals surface area contributed by atoms with Gasteiger partial charge in [-0.15, -0.1) is 0 Å². The summed E-state index contributed by atoms with van der Waals surface area (Å²) in [5.41, 5.74) is 2.87. The molecule has 3 heteroatoms. The fourth-order valence-electron chi connectivity index (χ4n) is 3.50. The first-order valence-electron chi connectivity index (χ1n) is 7.64. The number of rotatable bonds is 5. The fraction of sp³-hybridized carbons (Fsp3) is 0.647. The normalized spacial score (nSPS) is 24.4. The van der Waals surface area contributed by atoms with E-state index in [9.17, 15) is 10.2 Å². The minimum atomic E-state index is -0.680. The average Bonchev–Trinajstić information content (AvgIpc) is 2.70. The molecular formula is C17H27NO2. The monoisotopic (exact) mass is 277 g/mol. The van der Waals surface area contributed by atoms with Crippen molar-refractivity contribution in [2.75, 3.05) is 6.54 Å². The number of nitrogens with one attached hydrogen (secondary N) is 1. The summed E-state index contributed by atoms with van der Waals surface area (Å²) in [6, 6.07) is 3.91. The fourth-order valence-corrected chi connectivity index (χ4v) is 3.50. The minimum absolute atomic E-state index is 0.142. The van der Waals surface area contributed by atoms with E-state index in [-0.39, 0.29) is 6.04 Å². The number of fused-ring (bicyclic) bond motifs is 1. The van der Waals surface area contributed by atoms with E-state index in [1.54, 1.807) is 6.07 Å². The SMILES string of the molecule is CCCC(C)(O)CNC1CC(C)c2c(C)ccc(O)c21. The molecule has 0 bridgehead atoms. The molecule has 20 heavy (non-hydrogen) atoms. The lowest BCUT2D eigenvalue weighted by Gasteiger charge is -2.26. The van der Waals surface area contributed by atoms with Crippen molar-refractivity contribution < 1.29 is 10.2 Å². The Kier molecular flexibility index (Phi) is 4.40. The van der Waals surface area contributed by atoms with E-state index in [4.69, 9.17) is 0 Å². The van der Waals surface area contributed by atoms with Crippen LogP contribution in [0.4, 0.5) is 0 Å². The van der Waals surface area contributed by atoms with Crippen LogP contribution in [0.25, 0.3) is 0 Å². The molecule has 0 heterocycles. The van der Waals surface area contributed by atoms with Crippen LogP contribution in [0.2, 0.25) is 0 Å². The van der Waals surface area contributed by atoms with E-state index in [1.807, 2.05) is 13.0 Å². The number of aliphatic hydroxyl groups is 1. The number of aromatic hydroxyl groups is 1. The summed E-state index contributed by atoms with van der Waals surface area (Å²) < 4.78 is 0. The molecule has 0 saturated carbocycles. The predicted molar refractivity (Wildman–Crippen MR) is 82.2 cm³/mol. The van der Waals surface area contributed by atoms with Gasteiger partial charge in [0.1, 0.15) is 5.75 Å². The number of benzene rings is 1. The van der Waals surface area contributed by atoms with Crippen LogP contribution in [-0.4, -0.2) is 22.4 Å². The van der Waals surface area contributed by atoms with Crippen molar-refractivity contribution >= 4 is 0 Å². The minimum Gasteiger partial charge on any atom is -0.508 e. The van der Waals surface area contributed by atoms with Gasteiger partial charge < -0.3 is 15.5 Å². The second kappa shape index (κ2) is 5.74. The Morgan fingerprint density at radius 1 is 1.35 bits per heavy atom. The van der Waals surface area contributed by atoms with Gasteiger partial charge >= 0.3 is 0 Å². The van der Waals surface area contributed by atoms with Crippen LogP contribution in [0, 0.1) is 6.92 Å². The summed E-state index contributed by atoms with van der Waals surface area (Å²) in [6.07, 6.45) is 2.74. The second-order valence-corrected chi connectivity index (χ2v) is 6.55. The molecule has 0 fully saturated rings. The Morgan fingerprint density at radius 3 is 2.70 bits per heavy atom. The Morgan fingerprint density at radius 2 is 2.05 bits per heavy atom. The number of phenolic OH excluding ortho intramolecular Hbond substituents is 1. The Labute approximate surface area is 122 Å². The number of phenols is 1. The Bertz CT molecular complexity index is 482. The van der Waals surface area contributed by atoms with Crippen molar-refractivity contribution in [3.05, 3.63) is 28.8 Å². The van der Waals surface area contributed by atoms with Crippen LogP contribution in [0.1, 0.15) is 68.7 Å². The zero-order valence-electron chi connectivity index (χ0n) is 13.0. The van der Waals surface area contributed by atoms with E-state index in [0.717, 1.165) is 24.8 Å². The molecule has 3 nitrogen and oxygen atoms in total. The maximum absolute atomic E-state index is 10.3. The summed E-state index contributed by atoms with van der Waals surface area (Å²) in [5.74, 6) is 0.827. The van der Waals surface area contributed by atoms with Crippen LogP contribution >= 0.6 is 0 Å². The molecule has 0 spiro atoms. The lowest BCUT2D eigenvalue weighted by molar-refractivity contribution is 0.0469. The zero-order valence-corrected chi connectivity index (χ0v) is 13.0. The van der Waals surface area contributed by atoms with Gasteiger partial charge in [-0.1, -0.05) is 26.3 Å². The highest BCUT2D eigenvalue weighted by atomic mass is 16.3. The van der Waals surface area contributed by atoms with Gasteiger partial charge in [0.15, 0.2) is 0 Å². The molecule has 3 N–H and O–H groups in total. The maximum Gasteiger partial charge on any atom is 0.120 e. The van der Waals surface area contributed by atoms with Gasteiger partial charge in [-0.25, -0.2) is 0 Å². The van der Waals surface area contributed by atoms with Crippen LogP contribution in [0.5, 0.6) is 5.75 Å². The highest BCUT2D eigenvalue weighted by molar-refractivity contribution is 5.50. The van der Waals surface area contributed by atoms with Crippen molar-refractivity contribution in [1.82, 2.24) is 5.32 Å². The van der Waals surface area contributed by atoms with Gasteiger partial charge in [0.25, 0.3) is 0 Å². The molecule has 3 unspecified atom stereocenters. The van der Waals surface area contributed by atoms with Gasteiger partial charge in [-0.3, -0.25) is 0 Å². The van der Waals surface area contributed by atoms with Gasteiger partial charge in [0.05, 0.1) is 5.60 Å². The van der Waals surface area contributed by atoms with Gasteiger partial charge in [-0.05, 0) is 49.8 Å². The first kappa shape index (κ1) is 15.3. The Balaban J connectivity index is 2.16. The molecule has 0 radical (unpaired) electrons. The van der Waals surface area contributed by atoms with Crippen molar-refractivity contribution in [3.63, 3.8) is 0 Å². The summed E-state index contributed by atoms with van der Waals surface area (Å²) in [4.78, 5) is 0. The molecule has 0 aromatic heterocycles. The van der Waals surface area contributed by atoms with Crippen LogP contribution in [0.15, 0.2) is 12.1 Å². The number of aryl methyl sites for hydroxylation is 1. The summed E-state index contributed by atoms with van der Waals surface area (Å²) in [7, 11) is 0.